The standard InChI is InChI=1S/C35H37N5O4.C20H20N2O2.C19H27N3O3/c1-39-20-18-35(22-39,34(44)37-26-14-10-23(11-15-26)12-17-30(41)42)38-33(43)25-13-16-27-29(21-25)40(2)32(28-9-5-6-19-36-28)31(27)24-7-3-4-8-24;1-22-17-12-14(20(23)24)9-10-15(17)18(13-6-2-3-7-13)19(22)16-8-4-5-11-21-16;1-5-6-14-7-9-15(10-8-14)21-16(23)19(20)11-12-22(13-19)17(24)25-18(2,3)4/h5-6,9-17,19,21,24H,3-4,7-8,18,20,22H2,1-2H3,(H,37,44)(H,38,43)(H,41,42);4-5,8-13H,2-3,6-7H2,1H3,(H,23,24);5-10H,11-13,20H2,1-4H3,(H,21,23)/b17-12+;;6-5+/t35-;;19-/m0.0/s1. The number of amides is 4. The van der Waals surface area contributed by atoms with Crippen molar-refractivity contribution in [3.8, 4) is 22.8 Å². The molecule has 2 aliphatic heterocycles. The molecule has 4 amide bonds. The zero-order valence-electron chi connectivity index (χ0n) is 54.1. The molecule has 0 radical (unpaired) electrons. The Bertz CT molecular complexity index is 4100. The molecule has 8 aromatic rings. The number of aromatic nitrogens is 4. The number of allylic oxidation sites excluding steroid dienone is 1. The fourth-order valence-corrected chi connectivity index (χ4v) is 13.4. The number of nitrogens with two attached hydrogens (primary N) is 1. The highest BCUT2D eigenvalue weighted by molar-refractivity contribution is 6.06. The number of pyridine rings is 2. The van der Waals surface area contributed by atoms with Gasteiger partial charge in [0.15, 0.2) is 0 Å². The van der Waals surface area contributed by atoms with Crippen molar-refractivity contribution < 1.29 is 43.7 Å². The largest absolute Gasteiger partial charge is 0.478 e. The number of nitrogens with one attached hydrogen (secondary N) is 3. The number of anilines is 2. The minimum atomic E-state index is -1.11. The van der Waals surface area contributed by atoms with Crippen LogP contribution in [0.5, 0.6) is 0 Å². The molecule has 484 valence electrons. The smallest absolute Gasteiger partial charge is 0.410 e. The molecule has 2 saturated heterocycles. The lowest BCUT2D eigenvalue weighted by Crippen LogP contribution is -2.58. The molecule has 7 N–H and O–H groups in total. The molecule has 0 bridgehead atoms. The summed E-state index contributed by atoms with van der Waals surface area (Å²) >= 11 is 0. The highest BCUT2D eigenvalue weighted by Gasteiger charge is 2.46. The first kappa shape index (κ1) is 66.2. The Labute approximate surface area is 542 Å². The molecule has 19 nitrogen and oxygen atoms in total. The van der Waals surface area contributed by atoms with E-state index in [0.29, 0.717) is 72.4 Å². The summed E-state index contributed by atoms with van der Waals surface area (Å²) in [7, 11) is 5.98. The Morgan fingerprint density at radius 1 is 0.624 bits per heavy atom. The summed E-state index contributed by atoms with van der Waals surface area (Å²) in [6, 6.07) is 37.6. The van der Waals surface area contributed by atoms with Gasteiger partial charge in [-0.05, 0) is 186 Å². The number of aliphatic carboxylic acids is 1. The monoisotopic (exact) mass is 1260 g/mol. The van der Waals surface area contributed by atoms with Gasteiger partial charge < -0.3 is 55.6 Å². The number of likely N-dealkylation sites (N-methyl/N-ethyl adjacent to an activating group) is 1. The van der Waals surface area contributed by atoms with Gasteiger partial charge in [-0.25, -0.2) is 14.4 Å². The van der Waals surface area contributed by atoms with Crippen LogP contribution in [-0.2, 0) is 33.2 Å². The quantitative estimate of drug-likeness (QED) is 0.0555. The number of ether oxygens (including phenoxy) is 1. The Hall–Kier alpha value is -9.72. The van der Waals surface area contributed by atoms with Gasteiger partial charge in [0, 0.05) is 90.9 Å². The third-order valence-corrected chi connectivity index (χ3v) is 18.1. The Balaban J connectivity index is 0.000000164. The predicted octanol–water partition coefficient (Wildman–Crippen LogP) is 13.0. The third-order valence-electron chi connectivity index (χ3n) is 18.1. The van der Waals surface area contributed by atoms with Crippen LogP contribution in [0, 0.1) is 0 Å². The van der Waals surface area contributed by atoms with Crippen molar-refractivity contribution in [2.45, 2.75) is 120 Å². The van der Waals surface area contributed by atoms with Crippen LogP contribution in [0.1, 0.15) is 147 Å². The van der Waals surface area contributed by atoms with Gasteiger partial charge in [0.25, 0.3) is 11.8 Å². The zero-order valence-corrected chi connectivity index (χ0v) is 54.1. The van der Waals surface area contributed by atoms with Crippen molar-refractivity contribution in [2.24, 2.45) is 19.8 Å². The molecule has 0 unspecified atom stereocenters. The molecule has 4 aliphatic rings. The summed E-state index contributed by atoms with van der Waals surface area (Å²) in [4.78, 5) is 87.2. The second-order valence-corrected chi connectivity index (χ2v) is 26.0. The van der Waals surface area contributed by atoms with Crippen molar-refractivity contribution in [1.82, 2.24) is 34.2 Å². The van der Waals surface area contributed by atoms with Gasteiger partial charge in [0.1, 0.15) is 16.7 Å². The van der Waals surface area contributed by atoms with Crippen LogP contribution < -0.4 is 21.7 Å². The van der Waals surface area contributed by atoms with E-state index in [0.717, 1.165) is 69.1 Å². The topological polar surface area (TPSA) is 256 Å². The number of hydrogen-bond donors (Lipinski definition) is 6. The number of carbonyl (C=O) groups is 6. The number of aromatic carboxylic acids is 1. The van der Waals surface area contributed by atoms with Crippen LogP contribution in [-0.4, -0.2) is 125 Å². The number of hydrogen-bond acceptors (Lipinski definition) is 11. The van der Waals surface area contributed by atoms with E-state index in [4.69, 9.17) is 15.6 Å². The number of fused-ring (bicyclic) bond motifs is 2. The fourth-order valence-electron chi connectivity index (χ4n) is 13.4. The summed E-state index contributed by atoms with van der Waals surface area (Å²) in [5, 5.41) is 29.4. The lowest BCUT2D eigenvalue weighted by atomic mass is 9.92. The van der Waals surface area contributed by atoms with Crippen molar-refractivity contribution in [3.05, 3.63) is 179 Å². The lowest BCUT2D eigenvalue weighted by Gasteiger charge is -2.29. The molecule has 4 aromatic carbocycles. The lowest BCUT2D eigenvalue weighted by molar-refractivity contribution is -0.131. The maximum absolute atomic E-state index is 13.8. The first-order chi connectivity index (χ1) is 44.5. The van der Waals surface area contributed by atoms with E-state index in [2.05, 4.69) is 41.1 Å². The summed E-state index contributed by atoms with van der Waals surface area (Å²) in [6.07, 6.45) is 20.2. The van der Waals surface area contributed by atoms with Gasteiger partial charge in [0.2, 0.25) is 5.91 Å². The number of carboxylic acid groups (broad SMARTS) is 2. The molecule has 12 rings (SSSR count). The summed E-state index contributed by atoms with van der Waals surface area (Å²) < 4.78 is 9.61. The van der Waals surface area contributed by atoms with E-state index < -0.39 is 34.7 Å². The zero-order chi connectivity index (χ0) is 66.2. The second-order valence-electron chi connectivity index (χ2n) is 26.0. The maximum atomic E-state index is 13.8. The van der Waals surface area contributed by atoms with E-state index in [9.17, 15) is 33.9 Å². The van der Waals surface area contributed by atoms with Gasteiger partial charge in [-0.15, -0.1) is 0 Å². The average Bonchev–Trinajstić information content (AvgIpc) is 1.61. The highest BCUT2D eigenvalue weighted by Crippen LogP contribution is 2.46. The highest BCUT2D eigenvalue weighted by atomic mass is 16.6. The maximum Gasteiger partial charge on any atom is 0.410 e. The number of carboxylic acids is 2. The van der Waals surface area contributed by atoms with Crippen LogP contribution in [0.4, 0.5) is 16.2 Å². The summed E-state index contributed by atoms with van der Waals surface area (Å²) in [5.41, 5.74) is 16.0. The summed E-state index contributed by atoms with van der Waals surface area (Å²) in [6.45, 7) is 8.96. The van der Waals surface area contributed by atoms with Crippen molar-refractivity contribution in [2.75, 3.05) is 43.9 Å². The van der Waals surface area contributed by atoms with Crippen LogP contribution in [0.25, 0.3) is 56.7 Å². The molecular formula is C74H84N10O9. The Morgan fingerprint density at radius 2 is 1.13 bits per heavy atom. The van der Waals surface area contributed by atoms with Gasteiger partial charge in [-0.1, -0.05) is 86.4 Å². The van der Waals surface area contributed by atoms with Gasteiger partial charge in [-0.3, -0.25) is 24.4 Å². The van der Waals surface area contributed by atoms with Gasteiger partial charge in [-0.2, -0.15) is 0 Å². The normalized spacial score (nSPS) is 18.6. The van der Waals surface area contributed by atoms with E-state index in [1.54, 1.807) is 57.2 Å². The van der Waals surface area contributed by atoms with Gasteiger partial charge in [0.05, 0.1) is 34.9 Å². The summed E-state index contributed by atoms with van der Waals surface area (Å²) in [5.74, 6) is -1.81. The number of carbonyl (C=O) groups excluding carboxylic acids is 4. The Kier molecular flexibility index (Phi) is 20.2. The van der Waals surface area contributed by atoms with Crippen molar-refractivity contribution in [3.63, 3.8) is 0 Å². The van der Waals surface area contributed by atoms with Crippen LogP contribution >= 0.6 is 0 Å². The molecule has 2 aliphatic carbocycles. The Morgan fingerprint density at radius 3 is 1.59 bits per heavy atom. The second kappa shape index (κ2) is 28.4. The molecule has 2 saturated carbocycles. The van der Waals surface area contributed by atoms with Crippen molar-refractivity contribution >= 4 is 81.1 Å². The third kappa shape index (κ3) is 15.3. The van der Waals surface area contributed by atoms with E-state index >= 15 is 0 Å². The molecule has 6 heterocycles. The number of benzene rings is 4. The number of nitrogens with zero attached hydrogens (tertiary/aromatic N) is 6. The number of aryl methyl sites for hydroxylation is 2. The first-order valence-electron chi connectivity index (χ1n) is 32.0. The number of likely N-dealkylation sites (tertiary alicyclic amines) is 2. The van der Waals surface area contributed by atoms with E-state index in [-0.39, 0.29) is 24.3 Å². The van der Waals surface area contributed by atoms with Crippen molar-refractivity contribution in [1.29, 1.82) is 0 Å². The molecular weight excluding hydrogens is 1170 g/mol. The van der Waals surface area contributed by atoms with E-state index in [1.165, 1.54) is 60.6 Å². The number of rotatable bonds is 14. The first-order valence-corrected chi connectivity index (χ1v) is 32.0. The minimum Gasteiger partial charge on any atom is -0.478 e. The SMILES string of the molecule is C/C=C/c1ccc(NC(=O)[C@]2(N)CCN(C(=O)OC(C)(C)C)C2)cc1.CN1CC[C@@](NC(=O)c2ccc3c(C4CCCC4)c(-c4ccccn4)n(C)c3c2)(C(=O)Nc2ccc(/C=C/C(=O)O)cc2)C1.Cn1c(-c2ccccn2)c(C2CCCC2)c2ccc(C(=O)O)cc21. The molecule has 93 heavy (non-hydrogen) atoms. The van der Waals surface area contributed by atoms with Crippen LogP contribution in [0.3, 0.4) is 0 Å². The molecule has 4 fully saturated rings. The minimum absolute atomic E-state index is 0.143. The molecule has 19 heteroatoms. The van der Waals surface area contributed by atoms with E-state index in [1.807, 2.05) is 136 Å². The van der Waals surface area contributed by atoms with Gasteiger partial charge >= 0.3 is 18.0 Å². The fraction of sp³-hybridized carbons (Fsp3) is 0.351. The molecule has 0 spiro atoms. The van der Waals surface area contributed by atoms with Crippen LogP contribution in [0.2, 0.25) is 0 Å². The molecule has 2 atom stereocenters. The average molecular weight is 1260 g/mol. The molecule has 4 aromatic heterocycles. The van der Waals surface area contributed by atoms with Crippen LogP contribution in [0.15, 0.2) is 146 Å². The predicted molar refractivity (Wildman–Crippen MR) is 365 cm³/mol.